The van der Waals surface area contributed by atoms with Crippen molar-refractivity contribution < 1.29 is 9.18 Å². The predicted octanol–water partition coefficient (Wildman–Crippen LogP) is 5.10. The highest BCUT2D eigenvalue weighted by Crippen LogP contribution is 2.22. The number of hydrogen-bond donors (Lipinski definition) is 1. The Bertz CT molecular complexity index is 843. The Morgan fingerprint density at radius 1 is 1.35 bits per heavy atom. The molecule has 1 amide bonds. The molecule has 0 aliphatic heterocycles. The summed E-state index contributed by atoms with van der Waals surface area (Å²) < 4.78 is 14.4. The molecule has 0 radical (unpaired) electrons. The topological polar surface area (TPSA) is 52.9 Å². The van der Waals surface area contributed by atoms with Gasteiger partial charge in [0.15, 0.2) is 0 Å². The Labute approximate surface area is 146 Å². The summed E-state index contributed by atoms with van der Waals surface area (Å²) in [7, 11) is 0. The van der Waals surface area contributed by atoms with E-state index >= 15 is 0 Å². The number of rotatable bonds is 3. The van der Waals surface area contributed by atoms with Gasteiger partial charge in [-0.25, -0.2) is 4.39 Å². The van der Waals surface area contributed by atoms with Crippen LogP contribution in [0.15, 0.2) is 46.4 Å². The van der Waals surface area contributed by atoms with Crippen LogP contribution in [0.4, 0.5) is 10.1 Å². The van der Waals surface area contributed by atoms with Gasteiger partial charge < -0.3 is 5.32 Å². The highest BCUT2D eigenvalue weighted by atomic mass is 79.9. The molecule has 2 rings (SSSR count). The Morgan fingerprint density at radius 3 is 2.78 bits per heavy atom. The van der Waals surface area contributed by atoms with Crippen LogP contribution in [-0.2, 0) is 4.79 Å². The van der Waals surface area contributed by atoms with Crippen LogP contribution in [0.2, 0.25) is 5.02 Å². The van der Waals surface area contributed by atoms with E-state index in [0.717, 1.165) is 5.56 Å². The fourth-order valence-corrected chi connectivity index (χ4v) is 2.40. The van der Waals surface area contributed by atoms with Crippen molar-refractivity contribution in [3.63, 3.8) is 0 Å². The molecule has 23 heavy (non-hydrogen) atoms. The molecule has 3 nitrogen and oxygen atoms in total. The maximum atomic E-state index is 13.7. The van der Waals surface area contributed by atoms with Crippen LogP contribution in [0.25, 0.3) is 6.08 Å². The average Bonchev–Trinajstić information content (AvgIpc) is 2.51. The van der Waals surface area contributed by atoms with Gasteiger partial charge in [0.2, 0.25) is 0 Å². The molecule has 2 aromatic rings. The van der Waals surface area contributed by atoms with Gasteiger partial charge >= 0.3 is 0 Å². The number of carbonyl (C=O) groups is 1. The van der Waals surface area contributed by atoms with Crippen LogP contribution in [0.3, 0.4) is 0 Å². The molecule has 0 aromatic heterocycles. The van der Waals surface area contributed by atoms with E-state index in [4.69, 9.17) is 11.6 Å². The van der Waals surface area contributed by atoms with Crippen LogP contribution in [0, 0.1) is 24.1 Å². The normalized spacial score (nSPS) is 11.0. The summed E-state index contributed by atoms with van der Waals surface area (Å²) in [5.74, 6) is -1.15. The van der Waals surface area contributed by atoms with Crippen molar-refractivity contribution in [2.24, 2.45) is 0 Å². The van der Waals surface area contributed by atoms with Crippen LogP contribution < -0.4 is 5.32 Å². The second kappa shape index (κ2) is 7.40. The summed E-state index contributed by atoms with van der Waals surface area (Å²) in [6.07, 6.45) is 1.20. The number of nitriles is 1. The molecular weight excluding hydrogens is 383 g/mol. The molecular formula is C17H11BrClFN2O. The Kier molecular flexibility index (Phi) is 5.54. The number of anilines is 1. The first kappa shape index (κ1) is 17.2. The molecule has 1 N–H and O–H groups in total. The third-order valence-electron chi connectivity index (χ3n) is 3.07. The molecule has 6 heteroatoms. The highest BCUT2D eigenvalue weighted by molar-refractivity contribution is 9.10. The lowest BCUT2D eigenvalue weighted by Gasteiger charge is -2.08. The average molecular weight is 394 g/mol. The SMILES string of the molecule is Cc1ccc(Cl)cc1NC(=O)/C(C#N)=C/c1cc(Br)ccc1F. The quantitative estimate of drug-likeness (QED) is 0.583. The highest BCUT2D eigenvalue weighted by Gasteiger charge is 2.12. The molecule has 0 aliphatic carbocycles. The van der Waals surface area contributed by atoms with Gasteiger partial charge in [-0.2, -0.15) is 5.26 Å². The molecule has 2 aromatic carbocycles. The summed E-state index contributed by atoms with van der Waals surface area (Å²) in [5, 5.41) is 12.3. The molecule has 0 saturated carbocycles. The van der Waals surface area contributed by atoms with E-state index < -0.39 is 11.7 Å². The first-order chi connectivity index (χ1) is 10.9. The third kappa shape index (κ3) is 4.41. The summed E-state index contributed by atoms with van der Waals surface area (Å²) in [5.41, 5.74) is 1.24. The minimum Gasteiger partial charge on any atom is -0.321 e. The number of halogens is 3. The summed E-state index contributed by atoms with van der Waals surface area (Å²) >= 11 is 9.12. The number of amides is 1. The fraction of sp³-hybridized carbons (Fsp3) is 0.0588. The van der Waals surface area contributed by atoms with Gasteiger partial charge in [0.05, 0.1) is 0 Å². The standard InChI is InChI=1S/C17H11BrClFN2O/c1-10-2-4-14(19)8-16(10)22-17(23)12(9-21)6-11-7-13(18)3-5-15(11)20/h2-8H,1H3,(H,22,23)/b12-6+. The van der Waals surface area contributed by atoms with Crippen LogP contribution in [0.1, 0.15) is 11.1 Å². The third-order valence-corrected chi connectivity index (χ3v) is 3.80. The van der Waals surface area contributed by atoms with Gasteiger partial charge in [0, 0.05) is 20.7 Å². The molecule has 0 aliphatic rings. The number of hydrogen-bond acceptors (Lipinski definition) is 2. The van der Waals surface area contributed by atoms with E-state index in [2.05, 4.69) is 21.2 Å². The maximum Gasteiger partial charge on any atom is 0.266 e. The fourth-order valence-electron chi connectivity index (χ4n) is 1.85. The van der Waals surface area contributed by atoms with Crippen molar-refractivity contribution in [2.45, 2.75) is 6.92 Å². The summed E-state index contributed by atoms with van der Waals surface area (Å²) in [6.45, 7) is 1.80. The van der Waals surface area contributed by atoms with E-state index in [1.165, 1.54) is 24.3 Å². The van der Waals surface area contributed by atoms with Gasteiger partial charge in [-0.1, -0.05) is 33.6 Å². The van der Waals surface area contributed by atoms with Gasteiger partial charge in [-0.15, -0.1) is 0 Å². The zero-order valence-corrected chi connectivity index (χ0v) is 14.4. The van der Waals surface area contributed by atoms with Crippen LogP contribution in [-0.4, -0.2) is 5.91 Å². The summed E-state index contributed by atoms with van der Waals surface area (Å²) in [6, 6.07) is 11.1. The van der Waals surface area contributed by atoms with Crippen LogP contribution in [0.5, 0.6) is 0 Å². The van der Waals surface area contributed by atoms with E-state index in [0.29, 0.717) is 15.2 Å². The molecule has 116 valence electrons. The first-order valence-electron chi connectivity index (χ1n) is 6.55. The molecule has 0 saturated heterocycles. The molecule has 0 spiro atoms. The second-order valence-corrected chi connectivity index (χ2v) is 6.10. The van der Waals surface area contributed by atoms with Gasteiger partial charge in [-0.05, 0) is 48.9 Å². The lowest BCUT2D eigenvalue weighted by atomic mass is 10.1. The zero-order chi connectivity index (χ0) is 17.0. The van der Waals surface area contributed by atoms with E-state index in [1.54, 1.807) is 31.2 Å². The second-order valence-electron chi connectivity index (χ2n) is 4.75. The largest absolute Gasteiger partial charge is 0.321 e. The van der Waals surface area contributed by atoms with Crippen molar-refractivity contribution in [3.05, 3.63) is 68.4 Å². The van der Waals surface area contributed by atoms with Gasteiger partial charge in [0.25, 0.3) is 5.91 Å². The lowest BCUT2D eigenvalue weighted by molar-refractivity contribution is -0.112. The van der Waals surface area contributed by atoms with Crippen molar-refractivity contribution in [1.82, 2.24) is 0 Å². The number of benzene rings is 2. The monoisotopic (exact) mass is 392 g/mol. The van der Waals surface area contributed by atoms with E-state index in [9.17, 15) is 14.4 Å². The number of carbonyl (C=O) groups excluding carboxylic acids is 1. The van der Waals surface area contributed by atoms with Gasteiger partial charge in [0.1, 0.15) is 17.5 Å². The molecule has 0 heterocycles. The number of aryl methyl sites for hydroxylation is 1. The van der Waals surface area contributed by atoms with E-state index in [-0.39, 0.29) is 11.1 Å². The van der Waals surface area contributed by atoms with E-state index in [1.807, 2.05) is 0 Å². The van der Waals surface area contributed by atoms with Crippen molar-refractivity contribution >= 4 is 45.2 Å². The Hall–Kier alpha value is -2.16. The van der Waals surface area contributed by atoms with Crippen molar-refractivity contribution in [3.8, 4) is 6.07 Å². The van der Waals surface area contributed by atoms with Gasteiger partial charge in [-0.3, -0.25) is 4.79 Å². The maximum absolute atomic E-state index is 13.7. The number of nitrogens with zero attached hydrogens (tertiary/aromatic N) is 1. The Morgan fingerprint density at radius 2 is 2.09 bits per heavy atom. The van der Waals surface area contributed by atoms with Crippen LogP contribution >= 0.6 is 27.5 Å². The smallest absolute Gasteiger partial charge is 0.266 e. The molecule has 0 atom stereocenters. The summed E-state index contributed by atoms with van der Waals surface area (Å²) in [4.78, 5) is 12.2. The predicted molar refractivity (Wildman–Crippen MR) is 92.5 cm³/mol. The zero-order valence-electron chi connectivity index (χ0n) is 12.0. The minimum absolute atomic E-state index is 0.147. The van der Waals surface area contributed by atoms with Crippen molar-refractivity contribution in [2.75, 3.05) is 5.32 Å². The molecule has 0 bridgehead atoms. The van der Waals surface area contributed by atoms with Crippen molar-refractivity contribution in [1.29, 1.82) is 5.26 Å². The minimum atomic E-state index is -0.628. The molecule has 0 unspecified atom stereocenters. The molecule has 0 fully saturated rings. The lowest BCUT2D eigenvalue weighted by Crippen LogP contribution is -2.14. The first-order valence-corrected chi connectivity index (χ1v) is 7.72. The Balaban J connectivity index is 2.32. The number of nitrogens with one attached hydrogen (secondary N) is 1.